The summed E-state index contributed by atoms with van der Waals surface area (Å²) in [6, 6.07) is 4.68. The minimum Gasteiger partial charge on any atom is -0.337 e. The summed E-state index contributed by atoms with van der Waals surface area (Å²) in [4.78, 5) is 16.4. The molecule has 3 nitrogen and oxygen atoms in total. The Balaban J connectivity index is 1.80. The number of fused-ring (bicyclic) bond motifs is 1. The molecular weight excluding hydrogens is 279 g/mol. The highest BCUT2D eigenvalue weighted by Crippen LogP contribution is 2.27. The van der Waals surface area contributed by atoms with Crippen LogP contribution in [0.15, 0.2) is 18.2 Å². The molecule has 0 aromatic heterocycles. The number of nitrogens with zero attached hydrogens (tertiary/aromatic N) is 2. The Morgan fingerprint density at radius 3 is 3.05 bits per heavy atom. The molecule has 2 aliphatic rings. The van der Waals surface area contributed by atoms with Crippen molar-refractivity contribution in [2.75, 3.05) is 13.1 Å². The average molecular weight is 297 g/mol. The molecule has 0 N–H and O–H groups in total. The maximum absolute atomic E-state index is 13.8. The number of hydrogen-bond acceptors (Lipinski definition) is 2. The van der Waals surface area contributed by atoms with Gasteiger partial charge >= 0.3 is 0 Å². The molecule has 2 saturated heterocycles. The van der Waals surface area contributed by atoms with Crippen LogP contribution in [0.25, 0.3) is 0 Å². The summed E-state index contributed by atoms with van der Waals surface area (Å²) >= 11 is 5.93. The highest BCUT2D eigenvalue weighted by atomic mass is 35.5. The monoisotopic (exact) mass is 296 g/mol. The Morgan fingerprint density at radius 2 is 2.25 bits per heavy atom. The lowest BCUT2D eigenvalue weighted by molar-refractivity contribution is -0.143. The van der Waals surface area contributed by atoms with Crippen molar-refractivity contribution in [3.8, 4) is 0 Å². The zero-order valence-corrected chi connectivity index (χ0v) is 12.2. The van der Waals surface area contributed by atoms with Crippen LogP contribution < -0.4 is 0 Å². The van der Waals surface area contributed by atoms with Crippen LogP contribution in [0.2, 0.25) is 5.02 Å². The van der Waals surface area contributed by atoms with Gasteiger partial charge in [-0.15, -0.1) is 0 Å². The number of halogens is 2. The summed E-state index contributed by atoms with van der Waals surface area (Å²) < 4.78 is 13.8. The highest BCUT2D eigenvalue weighted by Gasteiger charge is 2.40. The first-order valence-corrected chi connectivity index (χ1v) is 7.42. The third kappa shape index (κ3) is 2.42. The third-order valence-electron chi connectivity index (χ3n) is 4.39. The zero-order chi connectivity index (χ0) is 14.3. The Labute approximate surface area is 123 Å². The van der Waals surface area contributed by atoms with E-state index in [1.165, 1.54) is 6.07 Å². The van der Waals surface area contributed by atoms with Gasteiger partial charge in [-0.25, -0.2) is 4.39 Å². The molecule has 0 bridgehead atoms. The molecule has 0 spiro atoms. The fraction of sp³-hybridized carbons (Fsp3) is 0.533. The lowest BCUT2D eigenvalue weighted by Gasteiger charge is -2.41. The molecule has 1 aromatic rings. The Bertz CT molecular complexity index is 537. The molecule has 0 unspecified atom stereocenters. The van der Waals surface area contributed by atoms with E-state index in [0.29, 0.717) is 23.2 Å². The van der Waals surface area contributed by atoms with E-state index in [1.54, 1.807) is 12.1 Å². The lowest BCUT2D eigenvalue weighted by Crippen LogP contribution is -2.58. The zero-order valence-electron chi connectivity index (χ0n) is 11.5. The topological polar surface area (TPSA) is 23.6 Å². The van der Waals surface area contributed by atoms with Gasteiger partial charge in [0.15, 0.2) is 0 Å². The van der Waals surface area contributed by atoms with Crippen molar-refractivity contribution in [2.24, 2.45) is 0 Å². The first-order valence-electron chi connectivity index (χ1n) is 7.04. The average Bonchev–Trinajstić information content (AvgIpc) is 2.88. The van der Waals surface area contributed by atoms with Gasteiger partial charge in [-0.2, -0.15) is 0 Å². The van der Waals surface area contributed by atoms with Gasteiger partial charge < -0.3 is 4.90 Å². The number of rotatable bonds is 2. The molecule has 1 amide bonds. The van der Waals surface area contributed by atoms with Gasteiger partial charge in [-0.1, -0.05) is 11.6 Å². The predicted molar refractivity (Wildman–Crippen MR) is 76.0 cm³/mol. The predicted octanol–water partition coefficient (Wildman–Crippen LogP) is 2.67. The second-order valence-electron chi connectivity index (χ2n) is 5.67. The first-order chi connectivity index (χ1) is 9.56. The van der Waals surface area contributed by atoms with E-state index >= 15 is 0 Å². The standard InChI is InChI=1S/C15H18ClFN2O/c1-10-15(20)19-6-2-3-13(19)9-18(10)8-11-7-12(16)4-5-14(11)17/h4-5,7,10,13H,2-3,6,8-9H2,1H3/t10-,13-/m0/s1. The van der Waals surface area contributed by atoms with Gasteiger partial charge in [0.1, 0.15) is 5.82 Å². The van der Waals surface area contributed by atoms with Crippen molar-refractivity contribution >= 4 is 17.5 Å². The molecule has 5 heteroatoms. The Kier molecular flexibility index (Phi) is 3.69. The molecule has 2 atom stereocenters. The molecule has 0 radical (unpaired) electrons. The van der Waals surface area contributed by atoms with E-state index in [0.717, 1.165) is 25.9 Å². The number of carbonyl (C=O) groups excluding carboxylic acids is 1. The molecule has 2 fully saturated rings. The number of carbonyl (C=O) groups is 1. The van der Waals surface area contributed by atoms with Crippen LogP contribution in [0, 0.1) is 5.82 Å². The number of piperazine rings is 1. The summed E-state index contributed by atoms with van der Waals surface area (Å²) in [5, 5.41) is 0.528. The van der Waals surface area contributed by atoms with Crippen molar-refractivity contribution in [1.82, 2.24) is 9.80 Å². The molecule has 2 heterocycles. The highest BCUT2D eigenvalue weighted by molar-refractivity contribution is 6.30. The smallest absolute Gasteiger partial charge is 0.239 e. The summed E-state index contributed by atoms with van der Waals surface area (Å²) in [6.45, 7) is 4.02. The third-order valence-corrected chi connectivity index (χ3v) is 4.63. The van der Waals surface area contributed by atoms with E-state index in [9.17, 15) is 9.18 Å². The van der Waals surface area contributed by atoms with Gasteiger partial charge in [0, 0.05) is 36.3 Å². The lowest BCUT2D eigenvalue weighted by atomic mass is 10.1. The van der Waals surface area contributed by atoms with Crippen LogP contribution in [0.5, 0.6) is 0 Å². The molecule has 3 rings (SSSR count). The summed E-state index contributed by atoms with van der Waals surface area (Å²) in [5.41, 5.74) is 0.559. The second kappa shape index (κ2) is 5.34. The Morgan fingerprint density at radius 1 is 1.45 bits per heavy atom. The molecule has 108 valence electrons. The van der Waals surface area contributed by atoms with E-state index < -0.39 is 0 Å². The minimum absolute atomic E-state index is 0.168. The van der Waals surface area contributed by atoms with Gasteiger partial charge in [0.05, 0.1) is 6.04 Å². The van der Waals surface area contributed by atoms with Crippen molar-refractivity contribution < 1.29 is 9.18 Å². The molecule has 0 saturated carbocycles. The van der Waals surface area contributed by atoms with E-state index in [-0.39, 0.29) is 17.8 Å². The fourth-order valence-corrected chi connectivity index (χ4v) is 3.42. The molecular formula is C15H18ClFN2O. The van der Waals surface area contributed by atoms with Gasteiger partial charge in [0.25, 0.3) is 0 Å². The van der Waals surface area contributed by atoms with Crippen molar-refractivity contribution in [1.29, 1.82) is 0 Å². The van der Waals surface area contributed by atoms with Crippen LogP contribution in [-0.2, 0) is 11.3 Å². The molecule has 0 aliphatic carbocycles. The summed E-state index contributed by atoms with van der Waals surface area (Å²) in [5.74, 6) is -0.0934. The fourth-order valence-electron chi connectivity index (χ4n) is 3.23. The van der Waals surface area contributed by atoms with Crippen molar-refractivity contribution in [3.63, 3.8) is 0 Å². The van der Waals surface area contributed by atoms with E-state index in [2.05, 4.69) is 4.90 Å². The van der Waals surface area contributed by atoms with Crippen LogP contribution >= 0.6 is 11.6 Å². The van der Waals surface area contributed by atoms with E-state index in [1.807, 2.05) is 11.8 Å². The minimum atomic E-state index is -0.261. The second-order valence-corrected chi connectivity index (χ2v) is 6.11. The van der Waals surface area contributed by atoms with Gasteiger partial charge in [0.2, 0.25) is 5.91 Å². The van der Waals surface area contributed by atoms with Crippen LogP contribution in [-0.4, -0.2) is 40.9 Å². The summed E-state index contributed by atoms with van der Waals surface area (Å²) in [6.07, 6.45) is 2.12. The van der Waals surface area contributed by atoms with E-state index in [4.69, 9.17) is 11.6 Å². The number of hydrogen-bond donors (Lipinski definition) is 0. The van der Waals surface area contributed by atoms with Crippen LogP contribution in [0.1, 0.15) is 25.3 Å². The molecule has 2 aliphatic heterocycles. The first kappa shape index (κ1) is 13.8. The number of amides is 1. The largest absolute Gasteiger partial charge is 0.337 e. The molecule has 1 aromatic carbocycles. The van der Waals surface area contributed by atoms with Crippen LogP contribution in [0.4, 0.5) is 4.39 Å². The van der Waals surface area contributed by atoms with Gasteiger partial charge in [-0.3, -0.25) is 9.69 Å². The quantitative estimate of drug-likeness (QED) is 0.838. The van der Waals surface area contributed by atoms with Gasteiger partial charge in [-0.05, 0) is 38.0 Å². The SMILES string of the molecule is C[C@H]1C(=O)N2CCC[C@H]2CN1Cc1cc(Cl)ccc1F. The Hall–Kier alpha value is -1.13. The van der Waals surface area contributed by atoms with Crippen LogP contribution in [0.3, 0.4) is 0 Å². The summed E-state index contributed by atoms with van der Waals surface area (Å²) in [7, 11) is 0. The van der Waals surface area contributed by atoms with Crippen molar-refractivity contribution in [3.05, 3.63) is 34.6 Å². The maximum Gasteiger partial charge on any atom is 0.239 e. The molecule has 20 heavy (non-hydrogen) atoms. The normalized spacial score (nSPS) is 26.9. The maximum atomic E-state index is 13.8. The number of benzene rings is 1. The van der Waals surface area contributed by atoms with Crippen molar-refractivity contribution in [2.45, 2.75) is 38.4 Å².